The fourth-order valence-corrected chi connectivity index (χ4v) is 2.65. The molecule has 1 atom stereocenters. The zero-order valence-corrected chi connectivity index (χ0v) is 21.0. The molecule has 2 N–H and O–H groups in total. The average Bonchev–Trinajstić information content (AvgIpc) is 2.56. The van der Waals surface area contributed by atoms with Crippen molar-refractivity contribution in [2.24, 2.45) is 0 Å². The maximum Gasteiger partial charge on any atom is 0.488 e. The molecular weight excluding hydrogens is 429 g/mol. The standard InChI is InChI=1S/C23H36BNO8/c1-21(2,3)31-18(26)17(14-15-10-12-16(13-11-15)24(29)30)25(19(27)32-22(4,5)6)20(28)33-23(7,8)9/h10-13,17,29-30H,14H2,1-9H3/t17-/m0/s1. The van der Waals surface area contributed by atoms with Crippen LogP contribution in [0.15, 0.2) is 24.3 Å². The van der Waals surface area contributed by atoms with E-state index in [9.17, 15) is 24.4 Å². The number of ether oxygens (including phenoxy) is 3. The highest BCUT2D eigenvalue weighted by molar-refractivity contribution is 6.58. The molecule has 184 valence electrons. The van der Waals surface area contributed by atoms with Gasteiger partial charge in [0, 0.05) is 6.42 Å². The summed E-state index contributed by atoms with van der Waals surface area (Å²) in [5.41, 5.74) is -1.95. The van der Waals surface area contributed by atoms with Crippen LogP contribution in [0.25, 0.3) is 0 Å². The third-order valence-corrected chi connectivity index (χ3v) is 3.88. The van der Waals surface area contributed by atoms with E-state index >= 15 is 0 Å². The van der Waals surface area contributed by atoms with Crippen molar-refractivity contribution in [1.82, 2.24) is 4.90 Å². The van der Waals surface area contributed by atoms with E-state index in [1.54, 1.807) is 74.4 Å². The van der Waals surface area contributed by atoms with Gasteiger partial charge in [0.2, 0.25) is 0 Å². The largest absolute Gasteiger partial charge is 0.488 e. The van der Waals surface area contributed by atoms with Crippen molar-refractivity contribution in [3.8, 4) is 0 Å². The number of hydrogen-bond acceptors (Lipinski definition) is 8. The van der Waals surface area contributed by atoms with Crippen molar-refractivity contribution in [2.45, 2.75) is 91.6 Å². The minimum atomic E-state index is -1.65. The lowest BCUT2D eigenvalue weighted by molar-refractivity contribution is -0.161. The summed E-state index contributed by atoms with van der Waals surface area (Å²) in [5, 5.41) is 18.6. The van der Waals surface area contributed by atoms with E-state index in [4.69, 9.17) is 14.2 Å². The first kappa shape index (κ1) is 28.4. The molecule has 0 bridgehead atoms. The topological polar surface area (TPSA) is 123 Å². The van der Waals surface area contributed by atoms with Gasteiger partial charge in [-0.25, -0.2) is 14.4 Å². The van der Waals surface area contributed by atoms with Gasteiger partial charge in [-0.2, -0.15) is 4.90 Å². The fourth-order valence-electron chi connectivity index (χ4n) is 2.65. The molecule has 0 saturated heterocycles. The molecule has 0 saturated carbocycles. The van der Waals surface area contributed by atoms with Gasteiger partial charge in [0.1, 0.15) is 22.8 Å². The van der Waals surface area contributed by atoms with E-state index in [0.717, 1.165) is 0 Å². The van der Waals surface area contributed by atoms with E-state index < -0.39 is 48.1 Å². The molecule has 0 radical (unpaired) electrons. The molecule has 0 unspecified atom stereocenters. The van der Waals surface area contributed by atoms with Crippen LogP contribution in [0, 0.1) is 0 Å². The summed E-state index contributed by atoms with van der Waals surface area (Å²) in [7, 11) is -1.65. The summed E-state index contributed by atoms with van der Waals surface area (Å²) in [6.45, 7) is 14.8. The Morgan fingerprint density at radius 1 is 0.788 bits per heavy atom. The van der Waals surface area contributed by atoms with Crippen LogP contribution in [-0.4, -0.2) is 63.1 Å². The quantitative estimate of drug-likeness (QED) is 0.387. The second kappa shape index (κ2) is 10.6. The van der Waals surface area contributed by atoms with Crippen molar-refractivity contribution in [3.05, 3.63) is 29.8 Å². The summed E-state index contributed by atoms with van der Waals surface area (Å²) < 4.78 is 16.3. The summed E-state index contributed by atoms with van der Waals surface area (Å²) in [6, 6.07) is 4.68. The zero-order valence-electron chi connectivity index (χ0n) is 21.0. The maximum absolute atomic E-state index is 13.2. The van der Waals surface area contributed by atoms with Gasteiger partial charge in [-0.05, 0) is 73.3 Å². The lowest BCUT2D eigenvalue weighted by atomic mass is 9.80. The SMILES string of the molecule is CC(C)(C)OC(=O)[C@H](Cc1ccc(B(O)O)cc1)N(C(=O)OC(C)(C)C)C(=O)OC(C)(C)C. The molecule has 0 fully saturated rings. The van der Waals surface area contributed by atoms with Crippen LogP contribution in [-0.2, 0) is 25.4 Å². The molecule has 33 heavy (non-hydrogen) atoms. The van der Waals surface area contributed by atoms with E-state index in [-0.39, 0.29) is 11.9 Å². The molecule has 1 aromatic rings. The number of carbonyl (C=O) groups excluding carboxylic acids is 3. The smallest absolute Gasteiger partial charge is 0.458 e. The van der Waals surface area contributed by atoms with Gasteiger partial charge in [-0.1, -0.05) is 24.3 Å². The van der Waals surface area contributed by atoms with E-state index in [1.807, 2.05) is 0 Å². The Morgan fingerprint density at radius 2 is 1.18 bits per heavy atom. The molecular formula is C23H36BNO8. The Kier molecular flexibility index (Phi) is 9.11. The van der Waals surface area contributed by atoms with E-state index in [0.29, 0.717) is 10.5 Å². The minimum absolute atomic E-state index is 0.102. The van der Waals surface area contributed by atoms with Crippen LogP contribution in [0.2, 0.25) is 0 Å². The number of benzene rings is 1. The van der Waals surface area contributed by atoms with Crippen LogP contribution in [0.3, 0.4) is 0 Å². The van der Waals surface area contributed by atoms with Gasteiger partial charge in [0.15, 0.2) is 0 Å². The molecule has 0 aliphatic rings. The van der Waals surface area contributed by atoms with Crippen molar-refractivity contribution < 1.29 is 38.6 Å². The third kappa shape index (κ3) is 10.3. The lowest BCUT2D eigenvalue weighted by Crippen LogP contribution is -2.54. The van der Waals surface area contributed by atoms with Gasteiger partial charge < -0.3 is 24.3 Å². The second-order valence-corrected chi connectivity index (χ2v) is 10.7. The highest BCUT2D eigenvalue weighted by Crippen LogP contribution is 2.21. The first-order chi connectivity index (χ1) is 14.8. The van der Waals surface area contributed by atoms with Crippen LogP contribution >= 0.6 is 0 Å². The van der Waals surface area contributed by atoms with Crippen LogP contribution in [0.1, 0.15) is 67.9 Å². The molecule has 9 nitrogen and oxygen atoms in total. The van der Waals surface area contributed by atoms with Crippen molar-refractivity contribution in [3.63, 3.8) is 0 Å². The molecule has 0 heterocycles. The van der Waals surface area contributed by atoms with Gasteiger partial charge >= 0.3 is 25.3 Å². The number of hydrogen-bond donors (Lipinski definition) is 2. The van der Waals surface area contributed by atoms with E-state index in [2.05, 4.69) is 0 Å². The molecule has 10 heteroatoms. The lowest BCUT2D eigenvalue weighted by Gasteiger charge is -2.33. The Hall–Kier alpha value is -2.59. The van der Waals surface area contributed by atoms with Gasteiger partial charge in [-0.3, -0.25) is 0 Å². The van der Waals surface area contributed by atoms with Gasteiger partial charge in [0.25, 0.3) is 0 Å². The molecule has 0 aliphatic carbocycles. The van der Waals surface area contributed by atoms with Crippen LogP contribution < -0.4 is 5.46 Å². The normalized spacial score (nSPS) is 13.1. The zero-order chi connectivity index (χ0) is 25.8. The molecule has 1 aromatic carbocycles. The first-order valence-corrected chi connectivity index (χ1v) is 10.7. The van der Waals surface area contributed by atoms with Crippen LogP contribution in [0.5, 0.6) is 0 Å². The fraction of sp³-hybridized carbons (Fsp3) is 0.609. The number of esters is 1. The van der Waals surface area contributed by atoms with Gasteiger partial charge in [-0.15, -0.1) is 0 Å². The number of rotatable bonds is 5. The van der Waals surface area contributed by atoms with E-state index in [1.165, 1.54) is 12.1 Å². The van der Waals surface area contributed by atoms with Crippen LogP contribution in [0.4, 0.5) is 9.59 Å². The summed E-state index contributed by atoms with van der Waals surface area (Å²) in [4.78, 5) is 39.9. The molecule has 0 aliphatic heterocycles. The molecule has 2 amide bonds. The predicted molar refractivity (Wildman–Crippen MR) is 124 cm³/mol. The molecule has 1 rings (SSSR count). The monoisotopic (exact) mass is 465 g/mol. The Labute approximate surface area is 196 Å². The summed E-state index contributed by atoms with van der Waals surface area (Å²) >= 11 is 0. The second-order valence-electron chi connectivity index (χ2n) is 10.7. The molecule has 0 aromatic heterocycles. The summed E-state index contributed by atoms with van der Waals surface area (Å²) in [6.07, 6.45) is -2.19. The van der Waals surface area contributed by atoms with Crippen molar-refractivity contribution in [1.29, 1.82) is 0 Å². The summed E-state index contributed by atoms with van der Waals surface area (Å²) in [5.74, 6) is -0.814. The number of nitrogens with zero attached hydrogens (tertiary/aromatic N) is 1. The predicted octanol–water partition coefficient (Wildman–Crippen LogP) is 2.79. The third-order valence-electron chi connectivity index (χ3n) is 3.88. The maximum atomic E-state index is 13.2. The number of carbonyl (C=O) groups is 3. The first-order valence-electron chi connectivity index (χ1n) is 10.7. The minimum Gasteiger partial charge on any atom is -0.458 e. The van der Waals surface area contributed by atoms with Gasteiger partial charge in [0.05, 0.1) is 0 Å². The Morgan fingerprint density at radius 3 is 1.52 bits per heavy atom. The van der Waals surface area contributed by atoms with Crippen molar-refractivity contribution >= 4 is 30.7 Å². The number of amides is 2. The molecule has 0 spiro atoms. The number of imide groups is 1. The Balaban J connectivity index is 3.47. The van der Waals surface area contributed by atoms with Crippen molar-refractivity contribution in [2.75, 3.05) is 0 Å². The Bertz CT molecular complexity index is 804. The highest BCUT2D eigenvalue weighted by atomic mass is 16.6. The highest BCUT2D eigenvalue weighted by Gasteiger charge is 2.42. The average molecular weight is 465 g/mol.